The van der Waals surface area contributed by atoms with E-state index in [-0.39, 0.29) is 23.6 Å². The molecule has 0 spiro atoms. The molecule has 2 aromatic carbocycles. The fourth-order valence-electron chi connectivity index (χ4n) is 4.90. The van der Waals surface area contributed by atoms with Gasteiger partial charge in [0.05, 0.1) is 28.6 Å². The first kappa shape index (κ1) is 25.9. The molecule has 2 aliphatic rings. The minimum atomic E-state index is -0.560. The Morgan fingerprint density at radius 3 is 2.58 bits per heavy atom. The smallest absolute Gasteiger partial charge is 0.162 e. The van der Waals surface area contributed by atoms with Gasteiger partial charge >= 0.3 is 0 Å². The SMILES string of the molecule is COCCN1C(N)=C(C#N)[C@H](c2ccc(OCc3ccc(F)cc3)c(Br)c2)C2=C1CC(C)(C)CC2=O. The molecule has 0 radical (unpaired) electrons. The first-order valence-corrected chi connectivity index (χ1v) is 12.5. The molecule has 188 valence electrons. The number of methoxy groups -OCH3 is 1. The van der Waals surface area contributed by atoms with Crippen molar-refractivity contribution in [3.8, 4) is 11.8 Å². The fourth-order valence-corrected chi connectivity index (χ4v) is 5.41. The average Bonchev–Trinajstić information content (AvgIpc) is 2.82. The summed E-state index contributed by atoms with van der Waals surface area (Å²) in [6, 6.07) is 14.0. The molecule has 36 heavy (non-hydrogen) atoms. The summed E-state index contributed by atoms with van der Waals surface area (Å²) in [6.45, 7) is 5.29. The number of nitrogens with zero attached hydrogens (tertiary/aromatic N) is 2. The summed E-state index contributed by atoms with van der Waals surface area (Å²) in [5.41, 5.74) is 9.80. The quantitative estimate of drug-likeness (QED) is 0.483. The monoisotopic (exact) mass is 553 g/mol. The van der Waals surface area contributed by atoms with Crippen LogP contribution in [0.5, 0.6) is 5.75 Å². The number of benzene rings is 2. The van der Waals surface area contributed by atoms with Gasteiger partial charge in [0.2, 0.25) is 0 Å². The number of ketones is 1. The van der Waals surface area contributed by atoms with E-state index in [0.29, 0.717) is 53.2 Å². The van der Waals surface area contributed by atoms with Crippen molar-refractivity contribution in [3.63, 3.8) is 0 Å². The van der Waals surface area contributed by atoms with Gasteiger partial charge in [-0.15, -0.1) is 0 Å². The molecule has 0 amide bonds. The maximum Gasteiger partial charge on any atom is 0.162 e. The van der Waals surface area contributed by atoms with Crippen molar-refractivity contribution < 1.29 is 18.7 Å². The molecule has 8 heteroatoms. The number of allylic oxidation sites excluding steroid dienone is 3. The third kappa shape index (κ3) is 5.18. The summed E-state index contributed by atoms with van der Waals surface area (Å²) in [5.74, 6) is 0.127. The Morgan fingerprint density at radius 1 is 1.22 bits per heavy atom. The summed E-state index contributed by atoms with van der Waals surface area (Å²) in [7, 11) is 1.61. The van der Waals surface area contributed by atoms with Gasteiger partial charge in [0.25, 0.3) is 0 Å². The van der Waals surface area contributed by atoms with Gasteiger partial charge in [-0.25, -0.2) is 4.39 Å². The van der Waals surface area contributed by atoms with Gasteiger partial charge in [0, 0.05) is 31.3 Å². The van der Waals surface area contributed by atoms with Crippen LogP contribution >= 0.6 is 15.9 Å². The number of carbonyl (C=O) groups excluding carboxylic acids is 1. The third-order valence-electron chi connectivity index (χ3n) is 6.60. The van der Waals surface area contributed by atoms with E-state index < -0.39 is 5.92 Å². The van der Waals surface area contributed by atoms with Crippen molar-refractivity contribution >= 4 is 21.7 Å². The van der Waals surface area contributed by atoms with E-state index in [1.807, 2.05) is 23.1 Å². The van der Waals surface area contributed by atoms with Crippen molar-refractivity contribution in [1.82, 2.24) is 4.90 Å². The number of Topliss-reactive ketones (excluding diaryl/α,β-unsaturated/α-hetero) is 1. The Balaban J connectivity index is 1.71. The molecule has 0 saturated carbocycles. The molecule has 2 N–H and O–H groups in total. The molecular weight excluding hydrogens is 525 g/mol. The first-order valence-electron chi connectivity index (χ1n) is 11.7. The number of rotatable bonds is 7. The molecule has 1 heterocycles. The minimum absolute atomic E-state index is 0.0293. The van der Waals surface area contributed by atoms with Crippen molar-refractivity contribution in [1.29, 1.82) is 5.26 Å². The maximum atomic E-state index is 13.5. The predicted molar refractivity (Wildman–Crippen MR) is 138 cm³/mol. The number of halogens is 2. The van der Waals surface area contributed by atoms with E-state index in [1.54, 1.807) is 19.2 Å². The molecule has 6 nitrogen and oxygen atoms in total. The fraction of sp³-hybridized carbons (Fsp3) is 0.357. The number of hydrogen-bond acceptors (Lipinski definition) is 6. The lowest BCUT2D eigenvalue weighted by Crippen LogP contribution is -2.43. The molecule has 2 aromatic rings. The van der Waals surface area contributed by atoms with Crippen LogP contribution in [0.4, 0.5) is 4.39 Å². The average molecular weight is 554 g/mol. The summed E-state index contributed by atoms with van der Waals surface area (Å²) < 4.78 is 25.1. The van der Waals surface area contributed by atoms with Gasteiger partial charge in [0.15, 0.2) is 5.78 Å². The number of nitrogens with two attached hydrogens (primary N) is 1. The van der Waals surface area contributed by atoms with Crippen LogP contribution in [0.25, 0.3) is 0 Å². The second kappa shape index (κ2) is 10.5. The van der Waals surface area contributed by atoms with Crippen molar-refractivity contribution in [2.45, 2.75) is 39.2 Å². The molecule has 1 atom stereocenters. The summed E-state index contributed by atoms with van der Waals surface area (Å²) in [5, 5.41) is 10.1. The van der Waals surface area contributed by atoms with E-state index in [9.17, 15) is 14.4 Å². The van der Waals surface area contributed by atoms with E-state index >= 15 is 0 Å². The molecule has 0 aromatic heterocycles. The Hall–Kier alpha value is -3.15. The second-order valence-electron chi connectivity index (χ2n) is 9.89. The molecule has 1 aliphatic carbocycles. The number of ether oxygens (including phenoxy) is 2. The predicted octanol–water partition coefficient (Wildman–Crippen LogP) is 5.55. The largest absolute Gasteiger partial charge is 0.488 e. The lowest BCUT2D eigenvalue weighted by atomic mass is 9.68. The van der Waals surface area contributed by atoms with E-state index in [0.717, 1.165) is 16.8 Å². The molecular formula is C28H29BrFN3O3. The molecule has 0 bridgehead atoms. The lowest BCUT2D eigenvalue weighted by molar-refractivity contribution is -0.118. The highest BCUT2D eigenvalue weighted by atomic mass is 79.9. The van der Waals surface area contributed by atoms with Crippen LogP contribution in [0.3, 0.4) is 0 Å². The Kier molecular flexibility index (Phi) is 7.53. The Labute approximate surface area is 219 Å². The van der Waals surface area contributed by atoms with E-state index in [2.05, 4.69) is 35.8 Å². The van der Waals surface area contributed by atoms with Gasteiger partial charge in [-0.2, -0.15) is 5.26 Å². The molecule has 1 aliphatic heterocycles. The Bertz CT molecular complexity index is 1280. The third-order valence-corrected chi connectivity index (χ3v) is 7.22. The van der Waals surface area contributed by atoms with Crippen molar-refractivity contribution in [2.75, 3.05) is 20.3 Å². The highest BCUT2D eigenvalue weighted by Crippen LogP contribution is 2.49. The zero-order valence-electron chi connectivity index (χ0n) is 20.6. The number of hydrogen-bond donors (Lipinski definition) is 1. The van der Waals surface area contributed by atoms with Crippen LogP contribution in [0.15, 0.2) is 69.6 Å². The molecule has 0 unspecified atom stereocenters. The first-order chi connectivity index (χ1) is 17.1. The van der Waals surface area contributed by atoms with Crippen LogP contribution in [-0.4, -0.2) is 30.9 Å². The normalized spacial score (nSPS) is 19.3. The van der Waals surface area contributed by atoms with Gasteiger partial charge in [-0.3, -0.25) is 4.79 Å². The van der Waals surface area contributed by atoms with Gasteiger partial charge in [-0.05, 0) is 63.2 Å². The summed E-state index contributed by atoms with van der Waals surface area (Å²) in [4.78, 5) is 15.4. The Morgan fingerprint density at radius 2 is 1.94 bits per heavy atom. The van der Waals surface area contributed by atoms with Crippen LogP contribution in [0.1, 0.15) is 43.7 Å². The van der Waals surface area contributed by atoms with Crippen molar-refractivity contribution in [2.24, 2.45) is 11.1 Å². The zero-order chi connectivity index (χ0) is 26.0. The van der Waals surface area contributed by atoms with Gasteiger partial charge < -0.3 is 20.1 Å². The zero-order valence-corrected chi connectivity index (χ0v) is 22.2. The second-order valence-corrected chi connectivity index (χ2v) is 10.7. The van der Waals surface area contributed by atoms with Crippen LogP contribution in [-0.2, 0) is 16.1 Å². The van der Waals surface area contributed by atoms with E-state index in [1.165, 1.54) is 12.1 Å². The maximum absolute atomic E-state index is 13.5. The lowest BCUT2D eigenvalue weighted by Gasteiger charge is -2.43. The highest BCUT2D eigenvalue weighted by Gasteiger charge is 2.44. The molecule has 0 fully saturated rings. The topological polar surface area (TPSA) is 88.6 Å². The standard InChI is InChI=1S/C28H29BrFN3O3/c1-28(2)13-22-26(23(34)14-28)25(20(15-31)27(32)33(22)10-11-35-3)18-6-9-24(21(29)12-18)36-16-17-4-7-19(30)8-5-17/h4-9,12,25H,10-11,13-14,16,32H2,1-3H3/t25-/m0/s1. The van der Waals surface area contributed by atoms with Crippen LogP contribution < -0.4 is 10.5 Å². The van der Waals surface area contributed by atoms with Gasteiger partial charge in [0.1, 0.15) is 24.0 Å². The molecule has 4 rings (SSSR count). The number of nitriles is 1. The van der Waals surface area contributed by atoms with Crippen molar-refractivity contribution in [3.05, 3.63) is 86.5 Å². The molecule has 0 saturated heterocycles. The summed E-state index contributed by atoms with van der Waals surface area (Å²) >= 11 is 3.58. The minimum Gasteiger partial charge on any atom is -0.488 e. The van der Waals surface area contributed by atoms with Crippen LogP contribution in [0, 0.1) is 22.6 Å². The van der Waals surface area contributed by atoms with Crippen LogP contribution in [0.2, 0.25) is 0 Å². The van der Waals surface area contributed by atoms with E-state index in [4.69, 9.17) is 15.2 Å². The summed E-state index contributed by atoms with van der Waals surface area (Å²) in [6.07, 6.45) is 1.08. The highest BCUT2D eigenvalue weighted by molar-refractivity contribution is 9.10. The van der Waals surface area contributed by atoms with Gasteiger partial charge in [-0.1, -0.05) is 32.0 Å². The number of carbonyl (C=O) groups is 1.